The number of fused-ring (bicyclic) bond motifs is 1. The fraction of sp³-hybridized carbons (Fsp3) is 0.609. The zero-order valence-corrected chi connectivity index (χ0v) is 17.2. The van der Waals surface area contributed by atoms with Crippen LogP contribution < -0.4 is 0 Å². The molecule has 4 atom stereocenters. The van der Waals surface area contributed by atoms with Crippen molar-refractivity contribution in [3.05, 3.63) is 34.4 Å². The van der Waals surface area contributed by atoms with Crippen LogP contribution in [-0.4, -0.2) is 32.8 Å². The van der Waals surface area contributed by atoms with Gasteiger partial charge >= 0.3 is 0 Å². The van der Waals surface area contributed by atoms with Crippen molar-refractivity contribution in [2.24, 2.45) is 22.7 Å². The lowest BCUT2D eigenvalue weighted by Gasteiger charge is -2.54. The Morgan fingerprint density at radius 1 is 1.21 bits per heavy atom. The molecular weight excluding hydrogens is 356 g/mol. The van der Waals surface area contributed by atoms with Crippen LogP contribution in [0.4, 0.5) is 0 Å². The van der Waals surface area contributed by atoms with Gasteiger partial charge in [-0.2, -0.15) is 0 Å². The molecule has 0 unspecified atom stereocenters. The molecule has 0 spiro atoms. The number of allylic oxidation sites excluding steroid dienone is 1. The molecule has 0 saturated heterocycles. The van der Waals surface area contributed by atoms with E-state index in [9.17, 15) is 25.2 Å². The van der Waals surface area contributed by atoms with Gasteiger partial charge in [-0.1, -0.05) is 39.3 Å². The van der Waals surface area contributed by atoms with Crippen molar-refractivity contribution >= 4 is 6.29 Å². The standard InChI is InChI=1S/C23H32O5/c1-13-5-6-17-18(7-8-20(27)22(17,2)3)23(13,4)10-15-19(26)9-14(11-24)16(12-25)21(15)28/h7,9,12-13,17,20,24,26-28H,5-6,8,10-11H2,1-4H3/t13-,17-,20-,23-/m1/s1. The Kier molecular flexibility index (Phi) is 5.36. The number of hydrogen-bond acceptors (Lipinski definition) is 5. The molecule has 5 nitrogen and oxygen atoms in total. The fourth-order valence-corrected chi connectivity index (χ4v) is 5.34. The number of rotatable bonds is 4. The summed E-state index contributed by atoms with van der Waals surface area (Å²) >= 11 is 0. The highest BCUT2D eigenvalue weighted by atomic mass is 16.3. The third kappa shape index (κ3) is 3.05. The number of hydrogen-bond donors (Lipinski definition) is 4. The predicted molar refractivity (Wildman–Crippen MR) is 107 cm³/mol. The molecule has 0 bridgehead atoms. The third-order valence-corrected chi connectivity index (χ3v) is 7.67. The number of carbonyl (C=O) groups excluding carboxylic acids is 1. The minimum absolute atomic E-state index is 0.0345. The molecule has 28 heavy (non-hydrogen) atoms. The molecule has 154 valence electrons. The first-order chi connectivity index (χ1) is 13.1. The lowest BCUT2D eigenvalue weighted by atomic mass is 9.51. The summed E-state index contributed by atoms with van der Waals surface area (Å²) < 4.78 is 0. The Hall–Kier alpha value is -1.85. The van der Waals surface area contributed by atoms with Crippen molar-refractivity contribution in [2.45, 2.75) is 66.1 Å². The maximum absolute atomic E-state index is 11.5. The van der Waals surface area contributed by atoms with Crippen molar-refractivity contribution in [3.8, 4) is 11.5 Å². The summed E-state index contributed by atoms with van der Waals surface area (Å²) in [4.78, 5) is 11.5. The van der Waals surface area contributed by atoms with E-state index in [-0.39, 0.29) is 45.5 Å². The number of phenols is 2. The normalized spacial score (nSPS) is 31.8. The van der Waals surface area contributed by atoms with Crippen LogP contribution in [0, 0.1) is 22.7 Å². The van der Waals surface area contributed by atoms with Gasteiger partial charge in [-0.15, -0.1) is 0 Å². The number of phenolic OH excluding ortho intramolecular Hbond substituents is 2. The van der Waals surface area contributed by atoms with E-state index in [1.54, 1.807) is 0 Å². The van der Waals surface area contributed by atoms with Crippen LogP contribution in [0.3, 0.4) is 0 Å². The van der Waals surface area contributed by atoms with E-state index in [1.807, 2.05) is 0 Å². The van der Waals surface area contributed by atoms with Gasteiger partial charge in [-0.25, -0.2) is 0 Å². The number of aliphatic hydroxyl groups excluding tert-OH is 2. The average molecular weight is 389 g/mol. The van der Waals surface area contributed by atoms with Crippen LogP contribution in [0.5, 0.6) is 11.5 Å². The largest absolute Gasteiger partial charge is 0.508 e. The third-order valence-electron chi connectivity index (χ3n) is 7.67. The second-order valence-corrected chi connectivity index (χ2v) is 9.43. The lowest BCUT2D eigenvalue weighted by Crippen LogP contribution is -2.48. The zero-order chi connectivity index (χ0) is 20.9. The quantitative estimate of drug-likeness (QED) is 0.466. The van der Waals surface area contributed by atoms with Gasteiger partial charge in [0.25, 0.3) is 0 Å². The molecule has 0 aromatic heterocycles. The van der Waals surface area contributed by atoms with Gasteiger partial charge in [0, 0.05) is 5.56 Å². The second-order valence-electron chi connectivity index (χ2n) is 9.43. The van der Waals surface area contributed by atoms with Gasteiger partial charge in [0.2, 0.25) is 0 Å². The Balaban J connectivity index is 2.09. The highest BCUT2D eigenvalue weighted by Gasteiger charge is 2.51. The molecule has 2 aliphatic rings. The summed E-state index contributed by atoms with van der Waals surface area (Å²) in [6, 6.07) is 1.37. The molecule has 4 N–H and O–H groups in total. The van der Waals surface area contributed by atoms with Crippen molar-refractivity contribution in [1.29, 1.82) is 0 Å². The number of aldehydes is 1. The van der Waals surface area contributed by atoms with Gasteiger partial charge in [0.15, 0.2) is 6.29 Å². The Labute approximate surface area is 166 Å². The minimum Gasteiger partial charge on any atom is -0.508 e. The molecule has 1 saturated carbocycles. The molecule has 0 radical (unpaired) electrons. The van der Waals surface area contributed by atoms with Crippen LogP contribution in [0.15, 0.2) is 17.7 Å². The Bertz CT molecular complexity index is 810. The molecule has 1 fully saturated rings. The maximum atomic E-state index is 11.5. The average Bonchev–Trinajstić information content (AvgIpc) is 2.64. The Morgan fingerprint density at radius 3 is 2.50 bits per heavy atom. The van der Waals surface area contributed by atoms with Crippen molar-refractivity contribution in [1.82, 2.24) is 0 Å². The van der Waals surface area contributed by atoms with E-state index in [0.29, 0.717) is 30.6 Å². The summed E-state index contributed by atoms with van der Waals surface area (Å²) in [7, 11) is 0. The molecule has 1 aromatic rings. The van der Waals surface area contributed by atoms with E-state index in [1.165, 1.54) is 11.6 Å². The van der Waals surface area contributed by atoms with Crippen molar-refractivity contribution < 1.29 is 25.2 Å². The van der Waals surface area contributed by atoms with Gasteiger partial charge in [-0.05, 0) is 60.0 Å². The molecular formula is C23H32O5. The van der Waals surface area contributed by atoms with Gasteiger partial charge in [-0.3, -0.25) is 4.79 Å². The van der Waals surface area contributed by atoms with E-state index >= 15 is 0 Å². The summed E-state index contributed by atoms with van der Waals surface area (Å²) in [5.41, 5.74) is 1.33. The Morgan fingerprint density at radius 2 is 1.89 bits per heavy atom. The lowest BCUT2D eigenvalue weighted by molar-refractivity contribution is -0.0192. The predicted octanol–water partition coefficient (Wildman–Crippen LogP) is 3.71. The van der Waals surface area contributed by atoms with Crippen molar-refractivity contribution in [2.75, 3.05) is 0 Å². The highest BCUT2D eigenvalue weighted by Crippen LogP contribution is 2.58. The van der Waals surface area contributed by atoms with E-state index in [2.05, 4.69) is 33.8 Å². The van der Waals surface area contributed by atoms with Gasteiger partial charge in [0.1, 0.15) is 11.5 Å². The number of carbonyl (C=O) groups is 1. The molecule has 5 heteroatoms. The van der Waals surface area contributed by atoms with Gasteiger partial charge < -0.3 is 20.4 Å². The maximum Gasteiger partial charge on any atom is 0.154 e. The first-order valence-corrected chi connectivity index (χ1v) is 10.1. The van der Waals surface area contributed by atoms with Crippen LogP contribution in [0.25, 0.3) is 0 Å². The summed E-state index contributed by atoms with van der Waals surface area (Å²) in [6.07, 6.45) is 5.28. The van der Waals surface area contributed by atoms with Crippen LogP contribution in [-0.2, 0) is 13.0 Å². The van der Waals surface area contributed by atoms with E-state index in [4.69, 9.17) is 0 Å². The van der Waals surface area contributed by atoms with Crippen LogP contribution in [0.1, 0.15) is 68.4 Å². The van der Waals surface area contributed by atoms with Crippen LogP contribution in [0.2, 0.25) is 0 Å². The molecule has 1 aromatic carbocycles. The first kappa shape index (κ1) is 20.9. The molecule has 0 heterocycles. The first-order valence-electron chi connectivity index (χ1n) is 10.1. The monoisotopic (exact) mass is 388 g/mol. The highest BCUT2D eigenvalue weighted by molar-refractivity contribution is 5.83. The summed E-state index contributed by atoms with van der Waals surface area (Å²) in [5, 5.41) is 41.2. The number of aliphatic hydroxyl groups is 2. The number of benzene rings is 1. The summed E-state index contributed by atoms with van der Waals surface area (Å²) in [6.45, 7) is 8.14. The molecule has 3 rings (SSSR count). The second kappa shape index (κ2) is 7.20. The topological polar surface area (TPSA) is 98.0 Å². The zero-order valence-electron chi connectivity index (χ0n) is 17.2. The fourth-order valence-electron chi connectivity index (χ4n) is 5.34. The number of aromatic hydroxyl groups is 2. The van der Waals surface area contributed by atoms with Crippen molar-refractivity contribution in [3.63, 3.8) is 0 Å². The minimum atomic E-state index is -0.428. The molecule has 0 amide bonds. The SMILES string of the molecule is C[C@@H]1CC[C@@H]2C(=CC[C@@H](O)C2(C)C)[C@]1(C)Cc1c(O)cc(CO)c(C=O)c1O. The van der Waals surface area contributed by atoms with Gasteiger partial charge in [0.05, 0.1) is 18.3 Å². The summed E-state index contributed by atoms with van der Waals surface area (Å²) in [5.74, 6) is 0.213. The van der Waals surface area contributed by atoms with Crippen LogP contribution >= 0.6 is 0 Å². The van der Waals surface area contributed by atoms with E-state index in [0.717, 1.165) is 12.8 Å². The molecule has 0 aliphatic heterocycles. The van der Waals surface area contributed by atoms with E-state index < -0.39 is 6.61 Å². The molecule has 2 aliphatic carbocycles. The smallest absolute Gasteiger partial charge is 0.154 e.